The maximum absolute atomic E-state index is 15.0. The Kier molecular flexibility index (Phi) is 6.84. The average Bonchev–Trinajstić information content (AvgIpc) is 2.62. The number of likely N-dealkylation sites (N-methyl/N-ethyl adjacent to an activating group) is 1. The molecule has 28 heavy (non-hydrogen) atoms. The highest BCUT2D eigenvalue weighted by Gasteiger charge is 2.18. The molecule has 0 fully saturated rings. The third-order valence-corrected chi connectivity index (χ3v) is 4.74. The third kappa shape index (κ3) is 4.71. The normalized spacial score (nSPS) is 10.8. The van der Waals surface area contributed by atoms with E-state index in [0.29, 0.717) is 23.3 Å². The van der Waals surface area contributed by atoms with Gasteiger partial charge in [0.05, 0.1) is 0 Å². The largest absolute Gasteiger partial charge is 0.508 e. The minimum Gasteiger partial charge on any atom is -0.508 e. The van der Waals surface area contributed by atoms with Crippen molar-refractivity contribution in [1.29, 1.82) is 0 Å². The summed E-state index contributed by atoms with van der Waals surface area (Å²) in [5.74, 6) is -0.168. The van der Waals surface area contributed by atoms with Crippen molar-refractivity contribution < 1.29 is 19.0 Å². The molecule has 4 nitrogen and oxygen atoms in total. The molecular weight excluding hydrogens is 357 g/mol. The molecule has 0 aromatic heterocycles. The molecule has 0 unspecified atom stereocenters. The molecular formula is C23H28FNO3. The Hall–Kier alpha value is -2.82. The van der Waals surface area contributed by atoms with Gasteiger partial charge in [-0.1, -0.05) is 32.1 Å². The van der Waals surface area contributed by atoms with Crippen molar-refractivity contribution in [3.8, 4) is 11.5 Å². The zero-order chi connectivity index (χ0) is 21.0. The SMILES string of the molecule is C=C(C)c1cc(OCC(=O)NC)cc(C)c1Cc1ccc(O)c(C(C)C)c1F. The van der Waals surface area contributed by atoms with Gasteiger partial charge in [0.2, 0.25) is 0 Å². The summed E-state index contributed by atoms with van der Waals surface area (Å²) in [6.07, 6.45) is 0.371. The molecule has 2 N–H and O–H groups in total. The molecule has 0 atom stereocenters. The van der Waals surface area contributed by atoms with Gasteiger partial charge in [0.1, 0.15) is 17.3 Å². The van der Waals surface area contributed by atoms with Crippen LogP contribution in [0.5, 0.6) is 11.5 Å². The number of benzene rings is 2. The number of rotatable bonds is 7. The van der Waals surface area contributed by atoms with Crippen LogP contribution in [-0.4, -0.2) is 24.7 Å². The fraction of sp³-hybridized carbons (Fsp3) is 0.348. The third-order valence-electron chi connectivity index (χ3n) is 4.74. The maximum Gasteiger partial charge on any atom is 0.257 e. The number of ether oxygens (including phenoxy) is 1. The Labute approximate surface area is 166 Å². The van der Waals surface area contributed by atoms with E-state index in [9.17, 15) is 9.90 Å². The number of aromatic hydroxyl groups is 1. The van der Waals surface area contributed by atoms with Gasteiger partial charge in [0.15, 0.2) is 6.61 Å². The van der Waals surface area contributed by atoms with E-state index in [1.54, 1.807) is 19.2 Å². The summed E-state index contributed by atoms with van der Waals surface area (Å²) < 4.78 is 20.6. The van der Waals surface area contributed by atoms with Crippen molar-refractivity contribution in [2.24, 2.45) is 0 Å². The van der Waals surface area contributed by atoms with Crippen LogP contribution in [0.3, 0.4) is 0 Å². The van der Waals surface area contributed by atoms with E-state index >= 15 is 4.39 Å². The second-order valence-corrected chi connectivity index (χ2v) is 7.31. The summed E-state index contributed by atoms with van der Waals surface area (Å²) in [6, 6.07) is 6.83. The molecule has 2 aromatic carbocycles. The van der Waals surface area contributed by atoms with E-state index in [4.69, 9.17) is 4.74 Å². The zero-order valence-corrected chi connectivity index (χ0v) is 17.1. The number of phenolic OH excluding ortho intramolecular Hbond substituents is 1. The standard InChI is InChI=1S/C23H28FNO3/c1-13(2)18-11-17(28-12-21(27)25-6)9-15(5)19(18)10-16-7-8-20(26)22(14(3)4)23(16)24/h7-9,11,14,26H,1,10,12H2,2-6H3,(H,25,27). The average molecular weight is 385 g/mol. The van der Waals surface area contributed by atoms with Crippen LogP contribution in [0.2, 0.25) is 0 Å². The van der Waals surface area contributed by atoms with Gasteiger partial charge in [-0.2, -0.15) is 0 Å². The number of aryl methyl sites for hydroxylation is 1. The number of amides is 1. The van der Waals surface area contributed by atoms with E-state index in [0.717, 1.165) is 22.3 Å². The Bertz CT molecular complexity index is 903. The number of hydrogen-bond acceptors (Lipinski definition) is 3. The van der Waals surface area contributed by atoms with Crippen molar-refractivity contribution in [3.63, 3.8) is 0 Å². The smallest absolute Gasteiger partial charge is 0.257 e. The highest BCUT2D eigenvalue weighted by molar-refractivity contribution is 5.77. The number of allylic oxidation sites excluding steroid dienone is 1. The fourth-order valence-electron chi connectivity index (χ4n) is 3.21. The molecule has 0 aliphatic rings. The zero-order valence-electron chi connectivity index (χ0n) is 17.1. The molecule has 0 saturated carbocycles. The monoisotopic (exact) mass is 385 g/mol. The van der Waals surface area contributed by atoms with Crippen molar-refractivity contribution in [2.75, 3.05) is 13.7 Å². The highest BCUT2D eigenvalue weighted by atomic mass is 19.1. The summed E-state index contributed by atoms with van der Waals surface area (Å²) in [5, 5.41) is 12.5. The lowest BCUT2D eigenvalue weighted by molar-refractivity contribution is -0.122. The summed E-state index contributed by atoms with van der Waals surface area (Å²) in [4.78, 5) is 11.4. The lowest BCUT2D eigenvalue weighted by atomic mass is 9.90. The minimum atomic E-state index is -0.373. The number of hydrogen-bond donors (Lipinski definition) is 2. The van der Waals surface area contributed by atoms with Gasteiger partial charge in [-0.05, 0) is 60.2 Å². The first-order chi connectivity index (χ1) is 13.1. The Balaban J connectivity index is 2.45. The molecule has 5 heteroatoms. The second kappa shape index (κ2) is 8.91. The quantitative estimate of drug-likeness (QED) is 0.726. The van der Waals surface area contributed by atoms with Gasteiger partial charge in [0.25, 0.3) is 5.91 Å². The van der Waals surface area contributed by atoms with Crippen LogP contribution in [0.4, 0.5) is 4.39 Å². The summed E-state index contributed by atoms with van der Waals surface area (Å²) >= 11 is 0. The van der Waals surface area contributed by atoms with Crippen LogP contribution in [-0.2, 0) is 11.2 Å². The van der Waals surface area contributed by atoms with Crippen LogP contribution in [0.25, 0.3) is 5.57 Å². The first-order valence-electron chi connectivity index (χ1n) is 9.28. The molecule has 0 bridgehead atoms. The highest BCUT2D eigenvalue weighted by Crippen LogP contribution is 2.34. The Morgan fingerprint density at radius 3 is 2.57 bits per heavy atom. The van der Waals surface area contributed by atoms with Crippen LogP contribution in [0, 0.1) is 12.7 Å². The molecule has 0 heterocycles. The summed E-state index contributed by atoms with van der Waals surface area (Å²) in [6.45, 7) is 11.5. The van der Waals surface area contributed by atoms with Crippen molar-refractivity contribution in [1.82, 2.24) is 5.32 Å². The van der Waals surface area contributed by atoms with Gasteiger partial charge in [-0.25, -0.2) is 4.39 Å². The van der Waals surface area contributed by atoms with E-state index < -0.39 is 0 Å². The van der Waals surface area contributed by atoms with E-state index in [-0.39, 0.29) is 30.0 Å². The number of halogens is 1. The fourth-order valence-corrected chi connectivity index (χ4v) is 3.21. The van der Waals surface area contributed by atoms with Crippen molar-refractivity contribution in [2.45, 2.75) is 40.0 Å². The van der Waals surface area contributed by atoms with Gasteiger partial charge in [-0.15, -0.1) is 0 Å². The molecule has 0 aliphatic heterocycles. The molecule has 0 aliphatic carbocycles. The first kappa shape index (κ1) is 21.5. The second-order valence-electron chi connectivity index (χ2n) is 7.31. The van der Waals surface area contributed by atoms with Crippen LogP contribution >= 0.6 is 0 Å². The lowest BCUT2D eigenvalue weighted by Crippen LogP contribution is -2.24. The molecule has 0 radical (unpaired) electrons. The first-order valence-corrected chi connectivity index (χ1v) is 9.28. The molecule has 1 amide bonds. The van der Waals surface area contributed by atoms with Gasteiger partial charge in [-0.3, -0.25) is 4.79 Å². The Morgan fingerprint density at radius 2 is 2.00 bits per heavy atom. The van der Waals surface area contributed by atoms with E-state index in [1.165, 1.54) is 0 Å². The molecule has 2 rings (SSSR count). The molecule has 0 saturated heterocycles. The number of carbonyl (C=O) groups is 1. The predicted octanol–water partition coefficient (Wildman–Crippen LogP) is 4.71. The maximum atomic E-state index is 15.0. The number of nitrogens with one attached hydrogen (secondary N) is 1. The van der Waals surface area contributed by atoms with E-state index in [2.05, 4.69) is 11.9 Å². The van der Waals surface area contributed by atoms with Crippen molar-refractivity contribution >= 4 is 11.5 Å². The van der Waals surface area contributed by atoms with E-state index in [1.807, 2.05) is 39.8 Å². The number of phenols is 1. The predicted molar refractivity (Wildman–Crippen MR) is 110 cm³/mol. The summed E-state index contributed by atoms with van der Waals surface area (Å²) in [5.41, 5.74) is 4.41. The topological polar surface area (TPSA) is 58.6 Å². The molecule has 0 spiro atoms. The van der Waals surface area contributed by atoms with Crippen molar-refractivity contribution in [3.05, 3.63) is 64.5 Å². The Morgan fingerprint density at radius 1 is 1.32 bits per heavy atom. The van der Waals surface area contributed by atoms with Gasteiger partial charge in [0, 0.05) is 19.0 Å². The van der Waals surface area contributed by atoms with Gasteiger partial charge < -0.3 is 15.2 Å². The van der Waals surface area contributed by atoms with Crippen LogP contribution in [0.1, 0.15) is 54.5 Å². The molecule has 2 aromatic rings. The lowest BCUT2D eigenvalue weighted by Gasteiger charge is -2.18. The van der Waals surface area contributed by atoms with Crippen LogP contribution in [0.15, 0.2) is 30.8 Å². The summed E-state index contributed by atoms with van der Waals surface area (Å²) in [7, 11) is 1.55. The number of carbonyl (C=O) groups excluding carboxylic acids is 1. The van der Waals surface area contributed by atoms with Gasteiger partial charge >= 0.3 is 0 Å². The minimum absolute atomic E-state index is 0.0222. The molecule has 150 valence electrons. The van der Waals surface area contributed by atoms with Crippen LogP contribution < -0.4 is 10.1 Å².